The molecule has 2 N–H and O–H groups in total. The summed E-state index contributed by atoms with van der Waals surface area (Å²) in [4.78, 5) is 8.76. The van der Waals surface area contributed by atoms with Crippen molar-refractivity contribution in [2.75, 3.05) is 7.05 Å². The van der Waals surface area contributed by atoms with Gasteiger partial charge in [0.2, 0.25) is 0 Å². The van der Waals surface area contributed by atoms with Crippen LogP contribution in [0.15, 0.2) is 23.3 Å². The van der Waals surface area contributed by atoms with E-state index in [1.807, 2.05) is 19.3 Å². The Kier molecular flexibility index (Phi) is 6.22. The van der Waals surface area contributed by atoms with E-state index in [0.717, 1.165) is 23.5 Å². The molecule has 0 saturated heterocycles. The predicted octanol–water partition coefficient (Wildman–Crippen LogP) is 3.27. The molecule has 1 aromatic rings. The van der Waals surface area contributed by atoms with Crippen molar-refractivity contribution in [2.45, 2.75) is 59.0 Å². The first kappa shape index (κ1) is 16.8. The highest BCUT2D eigenvalue weighted by molar-refractivity contribution is 5.79. The number of aryl methyl sites for hydroxylation is 1. The van der Waals surface area contributed by atoms with Crippen LogP contribution in [0.2, 0.25) is 0 Å². The fourth-order valence-corrected chi connectivity index (χ4v) is 3.19. The van der Waals surface area contributed by atoms with Crippen LogP contribution in [0.25, 0.3) is 0 Å². The van der Waals surface area contributed by atoms with Crippen molar-refractivity contribution in [3.63, 3.8) is 0 Å². The summed E-state index contributed by atoms with van der Waals surface area (Å²) in [7, 11) is 1.83. The summed E-state index contributed by atoms with van der Waals surface area (Å²) in [6.45, 7) is 7.49. The van der Waals surface area contributed by atoms with Crippen LogP contribution in [0.1, 0.15) is 50.8 Å². The second-order valence-electron chi connectivity index (χ2n) is 6.69. The van der Waals surface area contributed by atoms with Crippen LogP contribution in [-0.4, -0.2) is 24.0 Å². The van der Waals surface area contributed by atoms with Gasteiger partial charge in [-0.05, 0) is 56.1 Å². The molecule has 0 unspecified atom stereocenters. The lowest BCUT2D eigenvalue weighted by atomic mass is 9.80. The molecule has 122 valence electrons. The summed E-state index contributed by atoms with van der Waals surface area (Å²) >= 11 is 0. The molecule has 0 bridgehead atoms. The van der Waals surface area contributed by atoms with Gasteiger partial charge in [-0.15, -0.1) is 0 Å². The number of guanidine groups is 1. The van der Waals surface area contributed by atoms with E-state index in [9.17, 15) is 0 Å². The van der Waals surface area contributed by atoms with Crippen LogP contribution in [0, 0.1) is 18.8 Å². The fraction of sp³-hybridized carbons (Fsp3) is 0.667. The maximum atomic E-state index is 4.42. The maximum Gasteiger partial charge on any atom is 0.191 e. The SMILES string of the molecule is CN=C(NCc1ncccc1C)NC1CCC(C(C)C)CC1. The lowest BCUT2D eigenvalue weighted by Gasteiger charge is -2.32. The first-order chi connectivity index (χ1) is 10.6. The minimum absolute atomic E-state index is 0.547. The van der Waals surface area contributed by atoms with Crippen molar-refractivity contribution >= 4 is 5.96 Å². The zero-order valence-electron chi connectivity index (χ0n) is 14.4. The van der Waals surface area contributed by atoms with Crippen LogP contribution in [0.3, 0.4) is 0 Å². The molecule has 4 heteroatoms. The van der Waals surface area contributed by atoms with Gasteiger partial charge in [0.25, 0.3) is 0 Å². The van der Waals surface area contributed by atoms with E-state index in [0.29, 0.717) is 12.6 Å². The van der Waals surface area contributed by atoms with Crippen LogP contribution in [-0.2, 0) is 6.54 Å². The Morgan fingerprint density at radius 3 is 2.64 bits per heavy atom. The number of nitrogens with one attached hydrogen (secondary N) is 2. The third-order valence-corrected chi connectivity index (χ3v) is 4.82. The van der Waals surface area contributed by atoms with Crippen molar-refractivity contribution in [1.82, 2.24) is 15.6 Å². The molecule has 4 nitrogen and oxygen atoms in total. The third kappa shape index (κ3) is 4.72. The molecular weight excluding hydrogens is 272 g/mol. The van der Waals surface area contributed by atoms with Gasteiger partial charge in [0.15, 0.2) is 5.96 Å². The molecule has 0 radical (unpaired) electrons. The largest absolute Gasteiger partial charge is 0.354 e. The van der Waals surface area contributed by atoms with Crippen LogP contribution >= 0.6 is 0 Å². The molecular formula is C18H30N4. The zero-order valence-corrected chi connectivity index (χ0v) is 14.4. The number of hydrogen-bond donors (Lipinski definition) is 2. The van der Waals surface area contributed by atoms with Gasteiger partial charge in [-0.3, -0.25) is 9.98 Å². The Morgan fingerprint density at radius 1 is 1.32 bits per heavy atom. The Labute approximate surface area is 134 Å². The lowest BCUT2D eigenvalue weighted by molar-refractivity contribution is 0.250. The van der Waals surface area contributed by atoms with Crippen molar-refractivity contribution in [2.24, 2.45) is 16.8 Å². The van der Waals surface area contributed by atoms with E-state index in [-0.39, 0.29) is 0 Å². The quantitative estimate of drug-likeness (QED) is 0.663. The van der Waals surface area contributed by atoms with Crippen molar-refractivity contribution < 1.29 is 0 Å². The highest BCUT2D eigenvalue weighted by Crippen LogP contribution is 2.29. The fourth-order valence-electron chi connectivity index (χ4n) is 3.19. The number of hydrogen-bond acceptors (Lipinski definition) is 2. The standard InChI is InChI=1S/C18H30N4/c1-13(2)15-7-9-16(10-8-15)22-18(19-4)21-12-17-14(3)6-5-11-20-17/h5-6,11,13,15-16H,7-10,12H2,1-4H3,(H2,19,21,22). The molecule has 1 heterocycles. The van der Waals surface area contributed by atoms with E-state index in [2.05, 4.69) is 47.4 Å². The van der Waals surface area contributed by atoms with Crippen LogP contribution in [0.5, 0.6) is 0 Å². The summed E-state index contributed by atoms with van der Waals surface area (Å²) in [6.07, 6.45) is 6.98. The number of aromatic nitrogens is 1. The topological polar surface area (TPSA) is 49.3 Å². The van der Waals surface area contributed by atoms with Gasteiger partial charge in [-0.25, -0.2) is 0 Å². The maximum absolute atomic E-state index is 4.42. The molecule has 1 saturated carbocycles. The van der Waals surface area contributed by atoms with Crippen LogP contribution < -0.4 is 10.6 Å². The summed E-state index contributed by atoms with van der Waals surface area (Å²) in [5.41, 5.74) is 2.29. The Morgan fingerprint density at radius 2 is 2.05 bits per heavy atom. The number of nitrogens with zero attached hydrogens (tertiary/aromatic N) is 2. The minimum atomic E-state index is 0.547. The molecule has 1 fully saturated rings. The number of aliphatic imine (C=N–C) groups is 1. The smallest absolute Gasteiger partial charge is 0.191 e. The molecule has 22 heavy (non-hydrogen) atoms. The van der Waals surface area contributed by atoms with Gasteiger partial charge in [0.05, 0.1) is 12.2 Å². The first-order valence-corrected chi connectivity index (χ1v) is 8.47. The van der Waals surface area contributed by atoms with Gasteiger partial charge in [0, 0.05) is 19.3 Å². The monoisotopic (exact) mass is 302 g/mol. The molecule has 0 amide bonds. The molecule has 2 rings (SSSR count). The van der Waals surface area contributed by atoms with Gasteiger partial charge in [0.1, 0.15) is 0 Å². The van der Waals surface area contributed by atoms with E-state index in [1.54, 1.807) is 0 Å². The Hall–Kier alpha value is -1.58. The minimum Gasteiger partial charge on any atom is -0.354 e. The van der Waals surface area contributed by atoms with Gasteiger partial charge in [-0.1, -0.05) is 19.9 Å². The third-order valence-electron chi connectivity index (χ3n) is 4.82. The molecule has 1 aliphatic rings. The highest BCUT2D eigenvalue weighted by atomic mass is 15.2. The zero-order chi connectivity index (χ0) is 15.9. The van der Waals surface area contributed by atoms with Gasteiger partial charge in [-0.2, -0.15) is 0 Å². The normalized spacial score (nSPS) is 22.7. The van der Waals surface area contributed by atoms with Crippen molar-refractivity contribution in [3.8, 4) is 0 Å². The highest BCUT2D eigenvalue weighted by Gasteiger charge is 2.23. The van der Waals surface area contributed by atoms with E-state index in [4.69, 9.17) is 0 Å². The van der Waals surface area contributed by atoms with Gasteiger partial charge < -0.3 is 10.6 Å². The predicted molar refractivity (Wildman–Crippen MR) is 92.9 cm³/mol. The molecule has 0 aromatic carbocycles. The molecule has 0 spiro atoms. The summed E-state index contributed by atoms with van der Waals surface area (Å²) in [6, 6.07) is 4.61. The molecule has 0 aliphatic heterocycles. The molecule has 1 aliphatic carbocycles. The molecule has 1 aromatic heterocycles. The first-order valence-electron chi connectivity index (χ1n) is 8.47. The Balaban J connectivity index is 1.80. The summed E-state index contributed by atoms with van der Waals surface area (Å²) in [5, 5.41) is 6.95. The number of rotatable bonds is 4. The summed E-state index contributed by atoms with van der Waals surface area (Å²) < 4.78 is 0. The Bertz CT molecular complexity index is 488. The van der Waals surface area contributed by atoms with E-state index < -0.39 is 0 Å². The average Bonchev–Trinajstić information content (AvgIpc) is 2.53. The molecule has 0 atom stereocenters. The number of pyridine rings is 1. The van der Waals surface area contributed by atoms with Crippen molar-refractivity contribution in [3.05, 3.63) is 29.6 Å². The second kappa shape index (κ2) is 8.16. The lowest BCUT2D eigenvalue weighted by Crippen LogP contribution is -2.45. The van der Waals surface area contributed by atoms with Crippen LogP contribution in [0.4, 0.5) is 0 Å². The van der Waals surface area contributed by atoms with Gasteiger partial charge >= 0.3 is 0 Å². The van der Waals surface area contributed by atoms with E-state index >= 15 is 0 Å². The second-order valence-corrected chi connectivity index (χ2v) is 6.69. The van der Waals surface area contributed by atoms with Crippen molar-refractivity contribution in [1.29, 1.82) is 0 Å². The average molecular weight is 302 g/mol. The van der Waals surface area contributed by atoms with E-state index in [1.165, 1.54) is 31.2 Å². The summed E-state index contributed by atoms with van der Waals surface area (Å²) in [5.74, 6) is 2.59.